The fraction of sp³-hybridized carbons (Fsp3) is 0.450. The molecule has 1 unspecified atom stereocenters. The summed E-state index contributed by atoms with van der Waals surface area (Å²) in [5, 5.41) is 0. The molecule has 2 saturated heterocycles. The van der Waals surface area contributed by atoms with E-state index < -0.39 is 57.1 Å². The van der Waals surface area contributed by atoms with Crippen molar-refractivity contribution < 1.29 is 41.2 Å². The molecule has 2 aliphatic heterocycles. The zero-order valence-electron chi connectivity index (χ0n) is 18.1. The number of nitrogens with two attached hydrogens (primary N) is 1. The number of ether oxygens (including phenoxy) is 2. The van der Waals surface area contributed by atoms with E-state index in [-0.39, 0.29) is 17.5 Å². The minimum Gasteiger partial charge on any atom is -0.459 e. The quantitative estimate of drug-likeness (QED) is 0.464. The molecule has 2 aromatic rings. The Hall–Kier alpha value is -2.70. The molecule has 11 nitrogen and oxygen atoms in total. The van der Waals surface area contributed by atoms with Gasteiger partial charge in [-0.05, 0) is 31.5 Å². The van der Waals surface area contributed by atoms with E-state index in [9.17, 15) is 14.2 Å². The number of hydrogen-bond acceptors (Lipinski definition) is 10. The third-order valence-electron chi connectivity index (χ3n) is 5.05. The fourth-order valence-electron chi connectivity index (χ4n) is 3.51. The van der Waals surface area contributed by atoms with Crippen molar-refractivity contribution in [3.8, 4) is 0 Å². The van der Waals surface area contributed by atoms with Crippen molar-refractivity contribution in [1.29, 1.82) is 0 Å². The van der Waals surface area contributed by atoms with Crippen LogP contribution in [0.4, 0.5) is 14.6 Å². The summed E-state index contributed by atoms with van der Waals surface area (Å²) in [7, 11) is -4.48. The fourth-order valence-corrected chi connectivity index (χ4v) is 4.89. The SMILES string of the molecule is CC(C)OC(=O)c1ccccc1COP1(=O)OC[C@H]2O[C@@H](n3ccc(N)nc3=O)C(F)(F)[C@@H]2O1. The molecule has 2 aliphatic rings. The highest BCUT2D eigenvalue weighted by Crippen LogP contribution is 2.60. The summed E-state index contributed by atoms with van der Waals surface area (Å²) >= 11 is 0. The van der Waals surface area contributed by atoms with E-state index in [2.05, 4.69) is 4.98 Å². The zero-order valence-corrected chi connectivity index (χ0v) is 19.0. The predicted octanol–water partition coefficient (Wildman–Crippen LogP) is 2.66. The van der Waals surface area contributed by atoms with E-state index in [1.165, 1.54) is 12.1 Å². The first-order valence-electron chi connectivity index (χ1n) is 10.2. The largest absolute Gasteiger partial charge is 0.475 e. The maximum atomic E-state index is 15.1. The number of hydrogen-bond donors (Lipinski definition) is 1. The Kier molecular flexibility index (Phi) is 6.58. The van der Waals surface area contributed by atoms with Crippen molar-refractivity contribution in [3.63, 3.8) is 0 Å². The van der Waals surface area contributed by atoms with E-state index in [0.29, 0.717) is 10.1 Å². The van der Waals surface area contributed by atoms with Gasteiger partial charge in [0, 0.05) is 6.20 Å². The Morgan fingerprint density at radius 2 is 2.09 bits per heavy atom. The van der Waals surface area contributed by atoms with Gasteiger partial charge < -0.3 is 15.2 Å². The summed E-state index contributed by atoms with van der Waals surface area (Å²) in [6, 6.07) is 7.39. The smallest absolute Gasteiger partial charge is 0.459 e. The molecule has 2 N–H and O–H groups in total. The molecule has 1 aromatic carbocycles. The second kappa shape index (κ2) is 9.16. The Morgan fingerprint density at radius 1 is 1.35 bits per heavy atom. The lowest BCUT2D eigenvalue weighted by atomic mass is 10.1. The van der Waals surface area contributed by atoms with E-state index >= 15 is 8.78 Å². The van der Waals surface area contributed by atoms with Gasteiger partial charge in [0.05, 0.1) is 24.9 Å². The van der Waals surface area contributed by atoms with Crippen molar-refractivity contribution >= 4 is 19.6 Å². The average molecular weight is 501 g/mol. The van der Waals surface area contributed by atoms with Crippen LogP contribution in [-0.2, 0) is 34.2 Å². The Labute approximate surface area is 192 Å². The van der Waals surface area contributed by atoms with E-state index in [1.807, 2.05) is 0 Å². The molecule has 184 valence electrons. The van der Waals surface area contributed by atoms with Crippen LogP contribution in [0.15, 0.2) is 41.3 Å². The maximum absolute atomic E-state index is 15.1. The number of nitrogens with zero attached hydrogens (tertiary/aromatic N) is 2. The topological polar surface area (TPSA) is 141 Å². The average Bonchev–Trinajstić information content (AvgIpc) is 3.02. The highest BCUT2D eigenvalue weighted by Gasteiger charge is 2.65. The normalized spacial score (nSPS) is 28.0. The van der Waals surface area contributed by atoms with E-state index in [1.54, 1.807) is 26.0 Å². The number of rotatable bonds is 6. The first-order chi connectivity index (χ1) is 16.0. The monoisotopic (exact) mass is 501 g/mol. The van der Waals surface area contributed by atoms with Gasteiger partial charge in [-0.1, -0.05) is 18.2 Å². The minimum absolute atomic E-state index is 0.143. The third kappa shape index (κ3) is 4.75. The van der Waals surface area contributed by atoms with Crippen molar-refractivity contribution in [2.75, 3.05) is 12.3 Å². The number of aromatic nitrogens is 2. The number of fused-ring (bicyclic) bond motifs is 1. The van der Waals surface area contributed by atoms with E-state index in [4.69, 9.17) is 28.8 Å². The summed E-state index contributed by atoms with van der Waals surface area (Å²) < 4.78 is 69.7. The molecule has 4 rings (SSSR count). The highest BCUT2D eigenvalue weighted by atomic mass is 31.2. The van der Waals surface area contributed by atoms with Crippen LogP contribution in [0.5, 0.6) is 0 Å². The number of esters is 1. The molecular weight excluding hydrogens is 479 g/mol. The molecule has 0 saturated carbocycles. The number of carbonyl (C=O) groups is 1. The number of halogens is 2. The van der Waals surface area contributed by atoms with Gasteiger partial charge in [-0.25, -0.2) is 14.2 Å². The molecule has 3 heterocycles. The third-order valence-corrected chi connectivity index (χ3v) is 6.45. The Bertz CT molecular complexity index is 1190. The maximum Gasteiger partial charge on any atom is 0.475 e. The van der Waals surface area contributed by atoms with Crippen LogP contribution in [0, 0.1) is 0 Å². The number of alkyl halides is 2. The van der Waals surface area contributed by atoms with Crippen LogP contribution in [0.3, 0.4) is 0 Å². The van der Waals surface area contributed by atoms with Gasteiger partial charge in [0.25, 0.3) is 0 Å². The number of nitrogen functional groups attached to an aromatic ring is 1. The number of carbonyl (C=O) groups excluding carboxylic acids is 1. The van der Waals surface area contributed by atoms with E-state index in [0.717, 1.165) is 12.3 Å². The predicted molar refractivity (Wildman–Crippen MR) is 112 cm³/mol. The van der Waals surface area contributed by atoms with Gasteiger partial charge in [0.1, 0.15) is 11.9 Å². The second-order valence-corrected chi connectivity index (χ2v) is 9.52. The zero-order chi connectivity index (χ0) is 24.7. The molecule has 0 aliphatic carbocycles. The molecule has 1 aromatic heterocycles. The van der Waals surface area contributed by atoms with Crippen LogP contribution in [0.2, 0.25) is 0 Å². The second-order valence-electron chi connectivity index (χ2n) is 7.90. The lowest BCUT2D eigenvalue weighted by Crippen LogP contribution is -2.45. The van der Waals surface area contributed by atoms with Gasteiger partial charge in [-0.2, -0.15) is 13.8 Å². The van der Waals surface area contributed by atoms with Crippen LogP contribution >= 0.6 is 7.82 Å². The highest BCUT2D eigenvalue weighted by molar-refractivity contribution is 7.48. The number of benzene rings is 1. The summed E-state index contributed by atoms with van der Waals surface area (Å²) in [6.45, 7) is 2.39. The molecule has 0 spiro atoms. The van der Waals surface area contributed by atoms with Crippen LogP contribution in [0.1, 0.15) is 36.0 Å². The lowest BCUT2D eigenvalue weighted by molar-refractivity contribution is -0.138. The molecule has 2 fully saturated rings. The van der Waals surface area contributed by atoms with Crippen LogP contribution < -0.4 is 11.4 Å². The molecule has 0 bridgehead atoms. The first kappa shape index (κ1) is 24.4. The standard InChI is InChI=1S/C20H22F2N3O8P/c1-11(2)31-17(26)13-6-4-3-5-12(13)9-29-34(28)30-10-14-16(33-34)20(21,22)18(32-14)25-8-7-15(23)24-19(25)27/h3-8,11,14,16,18H,9-10H2,1-2H3,(H2,23,24,27)/t14-,16-,18-,34?/m1/s1. The van der Waals surface area contributed by atoms with Crippen LogP contribution in [-0.4, -0.2) is 46.4 Å². The summed E-state index contributed by atoms with van der Waals surface area (Å²) in [6.07, 6.45) is -4.79. The van der Waals surface area contributed by atoms with Gasteiger partial charge in [0.15, 0.2) is 6.10 Å². The summed E-state index contributed by atoms with van der Waals surface area (Å²) in [5.74, 6) is -4.55. The Balaban J connectivity index is 1.50. The van der Waals surface area contributed by atoms with Crippen molar-refractivity contribution in [1.82, 2.24) is 9.55 Å². The van der Waals surface area contributed by atoms with Crippen molar-refractivity contribution in [2.24, 2.45) is 0 Å². The van der Waals surface area contributed by atoms with Crippen LogP contribution in [0.25, 0.3) is 0 Å². The first-order valence-corrected chi connectivity index (χ1v) is 11.7. The van der Waals surface area contributed by atoms with Crippen molar-refractivity contribution in [2.45, 2.75) is 50.9 Å². The van der Waals surface area contributed by atoms with Gasteiger partial charge in [0.2, 0.25) is 6.23 Å². The minimum atomic E-state index is -4.48. The summed E-state index contributed by atoms with van der Waals surface area (Å²) in [4.78, 5) is 27.7. The van der Waals surface area contributed by atoms with Crippen molar-refractivity contribution in [3.05, 3.63) is 58.1 Å². The molecule has 14 heteroatoms. The number of anilines is 1. The summed E-state index contributed by atoms with van der Waals surface area (Å²) in [5.41, 5.74) is 4.80. The molecule has 34 heavy (non-hydrogen) atoms. The molecule has 0 amide bonds. The number of phosphoric acid groups is 1. The number of phosphoric ester groups is 1. The lowest BCUT2D eigenvalue weighted by Gasteiger charge is -2.31. The Morgan fingerprint density at radius 3 is 2.79 bits per heavy atom. The van der Waals surface area contributed by atoms with Gasteiger partial charge in [-0.3, -0.25) is 18.1 Å². The molecule has 0 radical (unpaired) electrons. The van der Waals surface area contributed by atoms with Gasteiger partial charge in [-0.15, -0.1) is 0 Å². The molecular formula is C20H22F2N3O8P. The van der Waals surface area contributed by atoms with Gasteiger partial charge >= 0.3 is 25.4 Å². The molecule has 4 atom stereocenters.